The van der Waals surface area contributed by atoms with Crippen LogP contribution in [0, 0.1) is 6.92 Å². The van der Waals surface area contributed by atoms with Gasteiger partial charge in [-0.15, -0.1) is 0 Å². The van der Waals surface area contributed by atoms with Crippen molar-refractivity contribution in [3.63, 3.8) is 0 Å². The maximum atomic E-state index is 5.51. The standard InChI is InChI=1S/C19H25NO/c1-4-20-19(14-16-8-6-7-15(3)13-16)17-9-11-18(12-10-17)21-5-2/h6-13,19-20H,4-5,14H2,1-3H3. The van der Waals surface area contributed by atoms with Gasteiger partial charge in [0.2, 0.25) is 0 Å². The Labute approximate surface area is 128 Å². The van der Waals surface area contributed by atoms with Crippen molar-refractivity contribution in [1.29, 1.82) is 0 Å². The fraction of sp³-hybridized carbons (Fsp3) is 0.368. The first-order valence-corrected chi connectivity index (χ1v) is 7.74. The highest BCUT2D eigenvalue weighted by Crippen LogP contribution is 2.22. The van der Waals surface area contributed by atoms with Crippen LogP contribution in [0.25, 0.3) is 0 Å². The van der Waals surface area contributed by atoms with Gasteiger partial charge in [-0.25, -0.2) is 0 Å². The first kappa shape index (κ1) is 15.6. The first-order valence-electron chi connectivity index (χ1n) is 7.74. The van der Waals surface area contributed by atoms with Crippen LogP contribution < -0.4 is 10.1 Å². The number of likely N-dealkylation sites (N-methyl/N-ethyl adjacent to an activating group) is 1. The van der Waals surface area contributed by atoms with E-state index in [1.165, 1.54) is 16.7 Å². The van der Waals surface area contributed by atoms with Gasteiger partial charge in [0.25, 0.3) is 0 Å². The third-order valence-corrected chi connectivity index (χ3v) is 3.57. The molecule has 2 nitrogen and oxygen atoms in total. The molecule has 0 fully saturated rings. The normalized spacial score (nSPS) is 12.1. The maximum absolute atomic E-state index is 5.51. The third kappa shape index (κ3) is 4.61. The van der Waals surface area contributed by atoms with E-state index in [4.69, 9.17) is 4.74 Å². The molecule has 2 aromatic carbocycles. The topological polar surface area (TPSA) is 21.3 Å². The highest BCUT2D eigenvalue weighted by Gasteiger charge is 2.11. The van der Waals surface area contributed by atoms with Crippen molar-refractivity contribution in [2.45, 2.75) is 33.2 Å². The van der Waals surface area contributed by atoms with E-state index in [1.54, 1.807) is 0 Å². The molecule has 1 unspecified atom stereocenters. The zero-order valence-corrected chi connectivity index (χ0v) is 13.2. The molecule has 0 amide bonds. The van der Waals surface area contributed by atoms with Crippen LogP contribution in [-0.4, -0.2) is 13.2 Å². The molecule has 0 radical (unpaired) electrons. The van der Waals surface area contributed by atoms with Gasteiger partial charge in [-0.1, -0.05) is 48.9 Å². The van der Waals surface area contributed by atoms with Crippen molar-refractivity contribution < 1.29 is 4.74 Å². The molecule has 0 aromatic heterocycles. The van der Waals surface area contributed by atoms with E-state index in [0.29, 0.717) is 12.6 Å². The summed E-state index contributed by atoms with van der Waals surface area (Å²) in [4.78, 5) is 0. The molecule has 0 bridgehead atoms. The summed E-state index contributed by atoms with van der Waals surface area (Å²) >= 11 is 0. The van der Waals surface area contributed by atoms with Crippen molar-refractivity contribution in [2.24, 2.45) is 0 Å². The number of rotatable bonds is 7. The Balaban J connectivity index is 2.14. The zero-order chi connectivity index (χ0) is 15.1. The molecule has 0 heterocycles. The average Bonchev–Trinajstić information content (AvgIpc) is 2.48. The van der Waals surface area contributed by atoms with E-state index < -0.39 is 0 Å². The smallest absolute Gasteiger partial charge is 0.119 e. The van der Waals surface area contributed by atoms with Crippen LogP contribution >= 0.6 is 0 Å². The highest BCUT2D eigenvalue weighted by atomic mass is 16.5. The zero-order valence-electron chi connectivity index (χ0n) is 13.2. The van der Waals surface area contributed by atoms with Crippen molar-refractivity contribution in [1.82, 2.24) is 5.32 Å². The highest BCUT2D eigenvalue weighted by molar-refractivity contribution is 5.31. The van der Waals surface area contributed by atoms with Gasteiger partial charge < -0.3 is 10.1 Å². The number of aryl methyl sites for hydroxylation is 1. The van der Waals surface area contributed by atoms with Gasteiger partial charge in [0.05, 0.1) is 6.61 Å². The van der Waals surface area contributed by atoms with Crippen molar-refractivity contribution >= 4 is 0 Å². The lowest BCUT2D eigenvalue weighted by molar-refractivity contribution is 0.340. The second kappa shape index (κ2) is 7.84. The summed E-state index contributed by atoms with van der Waals surface area (Å²) in [5, 5.41) is 3.58. The van der Waals surface area contributed by atoms with Crippen LogP contribution in [0.15, 0.2) is 48.5 Å². The Morgan fingerprint density at radius 2 is 1.81 bits per heavy atom. The summed E-state index contributed by atoms with van der Waals surface area (Å²) in [5.74, 6) is 0.937. The lowest BCUT2D eigenvalue weighted by Gasteiger charge is -2.19. The van der Waals surface area contributed by atoms with E-state index in [2.05, 4.69) is 67.7 Å². The molecule has 0 saturated heterocycles. The summed E-state index contributed by atoms with van der Waals surface area (Å²) in [6, 6.07) is 17.5. The molecule has 0 saturated carbocycles. The van der Waals surface area contributed by atoms with Crippen molar-refractivity contribution in [3.8, 4) is 5.75 Å². The Morgan fingerprint density at radius 3 is 2.43 bits per heavy atom. The van der Waals surface area contributed by atoms with Crippen molar-refractivity contribution in [2.75, 3.05) is 13.2 Å². The summed E-state index contributed by atoms with van der Waals surface area (Å²) in [5.41, 5.74) is 3.99. The van der Waals surface area contributed by atoms with Crippen LogP contribution in [0.3, 0.4) is 0 Å². The van der Waals surface area contributed by atoms with Crippen LogP contribution in [0.4, 0.5) is 0 Å². The SMILES string of the molecule is CCNC(Cc1cccc(C)c1)c1ccc(OCC)cc1. The predicted octanol–water partition coefficient (Wildman–Crippen LogP) is 4.29. The molecule has 1 N–H and O–H groups in total. The van der Waals surface area contributed by atoms with Gasteiger partial charge in [0.1, 0.15) is 5.75 Å². The average molecular weight is 283 g/mol. The Kier molecular flexibility index (Phi) is 5.82. The molecule has 1 atom stereocenters. The molecule has 0 spiro atoms. The maximum Gasteiger partial charge on any atom is 0.119 e. The Hall–Kier alpha value is -1.80. The molecule has 0 aliphatic rings. The van der Waals surface area contributed by atoms with Crippen LogP contribution in [0.5, 0.6) is 5.75 Å². The largest absolute Gasteiger partial charge is 0.494 e. The summed E-state index contributed by atoms with van der Waals surface area (Å²) in [6.07, 6.45) is 1.00. The number of ether oxygens (including phenoxy) is 1. The number of hydrogen-bond donors (Lipinski definition) is 1. The summed E-state index contributed by atoms with van der Waals surface area (Å²) in [6.45, 7) is 7.97. The van der Waals surface area contributed by atoms with Crippen LogP contribution in [0.2, 0.25) is 0 Å². The van der Waals surface area contributed by atoms with Gasteiger partial charge in [-0.2, -0.15) is 0 Å². The summed E-state index contributed by atoms with van der Waals surface area (Å²) in [7, 11) is 0. The molecule has 2 aromatic rings. The van der Waals surface area contributed by atoms with Gasteiger partial charge in [0, 0.05) is 6.04 Å². The molecule has 0 aliphatic carbocycles. The van der Waals surface area contributed by atoms with E-state index in [0.717, 1.165) is 18.7 Å². The fourth-order valence-electron chi connectivity index (χ4n) is 2.59. The minimum Gasteiger partial charge on any atom is -0.494 e. The second-order valence-corrected chi connectivity index (χ2v) is 5.31. The van der Waals surface area contributed by atoms with Crippen LogP contribution in [0.1, 0.15) is 36.6 Å². The predicted molar refractivity (Wildman–Crippen MR) is 88.9 cm³/mol. The van der Waals surface area contributed by atoms with E-state index in [1.807, 2.05) is 6.92 Å². The summed E-state index contributed by atoms with van der Waals surface area (Å²) < 4.78 is 5.51. The quantitative estimate of drug-likeness (QED) is 0.818. The Bertz CT molecular complexity index is 548. The lowest BCUT2D eigenvalue weighted by atomic mass is 9.98. The molecule has 2 heteroatoms. The first-order chi connectivity index (χ1) is 10.2. The van der Waals surface area contributed by atoms with Gasteiger partial charge >= 0.3 is 0 Å². The molecule has 112 valence electrons. The Morgan fingerprint density at radius 1 is 1.05 bits per heavy atom. The van der Waals surface area contributed by atoms with E-state index >= 15 is 0 Å². The van der Waals surface area contributed by atoms with E-state index in [9.17, 15) is 0 Å². The molecule has 2 rings (SSSR count). The minimum absolute atomic E-state index is 0.340. The molecule has 0 aliphatic heterocycles. The van der Waals surface area contributed by atoms with Crippen molar-refractivity contribution in [3.05, 3.63) is 65.2 Å². The second-order valence-electron chi connectivity index (χ2n) is 5.31. The number of benzene rings is 2. The van der Waals surface area contributed by atoms with E-state index in [-0.39, 0.29) is 0 Å². The minimum atomic E-state index is 0.340. The lowest BCUT2D eigenvalue weighted by Crippen LogP contribution is -2.22. The fourth-order valence-corrected chi connectivity index (χ4v) is 2.59. The van der Waals surface area contributed by atoms with Crippen LogP contribution in [-0.2, 0) is 6.42 Å². The number of nitrogens with one attached hydrogen (secondary N) is 1. The van der Waals surface area contributed by atoms with Gasteiger partial charge in [0.15, 0.2) is 0 Å². The molecular formula is C19H25NO. The molecule has 21 heavy (non-hydrogen) atoms. The van der Waals surface area contributed by atoms with Gasteiger partial charge in [-0.3, -0.25) is 0 Å². The number of hydrogen-bond acceptors (Lipinski definition) is 2. The van der Waals surface area contributed by atoms with Gasteiger partial charge in [-0.05, 0) is 50.1 Å². The monoisotopic (exact) mass is 283 g/mol. The third-order valence-electron chi connectivity index (χ3n) is 3.57. The molecular weight excluding hydrogens is 258 g/mol.